The number of anilines is 2. The maximum Gasteiger partial charge on any atom is 0.404 e. The van der Waals surface area contributed by atoms with Crippen molar-refractivity contribution in [1.82, 2.24) is 24.9 Å². The molecule has 2 atom stereocenters. The zero-order valence-electron chi connectivity index (χ0n) is 17.8. The molecule has 0 radical (unpaired) electrons. The zero-order valence-corrected chi connectivity index (χ0v) is 19.3. The van der Waals surface area contributed by atoms with Gasteiger partial charge in [-0.15, -0.1) is 0 Å². The number of hydrogen-bond donors (Lipinski definition) is 4. The second-order valence-electron chi connectivity index (χ2n) is 6.92. The summed E-state index contributed by atoms with van der Waals surface area (Å²) in [4.78, 5) is 31.8. The van der Waals surface area contributed by atoms with E-state index in [1.807, 2.05) is 0 Å². The summed E-state index contributed by atoms with van der Waals surface area (Å²) in [6.45, 7) is 3.38. The first kappa shape index (κ1) is 24.3. The fraction of sp³-hybridized carbons (Fsp3) is 0.316. The van der Waals surface area contributed by atoms with Crippen LogP contribution in [0.2, 0.25) is 10.2 Å². The van der Waals surface area contributed by atoms with Crippen molar-refractivity contribution in [2.45, 2.75) is 26.0 Å². The molecule has 0 aliphatic heterocycles. The Kier molecular flexibility index (Phi) is 7.74. The summed E-state index contributed by atoms with van der Waals surface area (Å²) in [5.74, 6) is 0.0616. The van der Waals surface area contributed by atoms with E-state index in [0.29, 0.717) is 17.0 Å². The van der Waals surface area contributed by atoms with E-state index in [2.05, 4.69) is 31.0 Å². The number of nitrogens with zero attached hydrogens (tertiary/aromatic N) is 4. The number of urea groups is 1. The molecule has 4 N–H and O–H groups in total. The van der Waals surface area contributed by atoms with E-state index >= 15 is 0 Å². The number of methoxy groups -OCH3 is 1. The zero-order chi connectivity index (χ0) is 24.1. The first-order valence-corrected chi connectivity index (χ1v) is 10.4. The van der Waals surface area contributed by atoms with Gasteiger partial charge < -0.3 is 30.5 Å². The Labute approximate surface area is 198 Å². The van der Waals surface area contributed by atoms with E-state index in [9.17, 15) is 9.59 Å². The van der Waals surface area contributed by atoms with E-state index in [0.717, 1.165) is 0 Å². The van der Waals surface area contributed by atoms with Crippen LogP contribution in [0.25, 0.3) is 5.65 Å². The van der Waals surface area contributed by atoms with Gasteiger partial charge in [0.05, 0.1) is 34.7 Å². The van der Waals surface area contributed by atoms with Crippen molar-refractivity contribution in [3.8, 4) is 5.88 Å². The van der Waals surface area contributed by atoms with Crippen LogP contribution in [0, 0.1) is 0 Å². The third kappa shape index (κ3) is 6.12. The van der Waals surface area contributed by atoms with E-state index in [-0.39, 0.29) is 28.3 Å². The van der Waals surface area contributed by atoms with Crippen LogP contribution in [0.4, 0.5) is 21.0 Å². The molecular formula is C19H21Cl2N7O5. The number of aromatic nitrogens is 4. The number of pyridine rings is 1. The Morgan fingerprint density at radius 2 is 1.88 bits per heavy atom. The summed E-state index contributed by atoms with van der Waals surface area (Å²) in [5, 5.41) is 21.1. The van der Waals surface area contributed by atoms with Crippen LogP contribution in [0.1, 0.15) is 25.6 Å². The minimum atomic E-state index is -1.18. The average Bonchev–Trinajstić information content (AvgIpc) is 3.12. The Morgan fingerprint density at radius 3 is 2.58 bits per heavy atom. The van der Waals surface area contributed by atoms with Crippen LogP contribution in [-0.4, -0.2) is 56.6 Å². The number of fused-ring (bicyclic) bond motifs is 1. The SMILES string of the molecule is CO[C@@H](C)c1c(NC(=O)Nc2cc(Cl)cnc2OCC(C)NC(=O)O)cnc2cc(Cl)nn12. The number of nitrogens with one attached hydrogen (secondary N) is 3. The molecule has 0 saturated heterocycles. The van der Waals surface area contributed by atoms with Crippen molar-refractivity contribution < 1.29 is 24.2 Å². The van der Waals surface area contributed by atoms with Crippen molar-refractivity contribution in [3.05, 3.63) is 40.4 Å². The molecule has 3 amide bonds. The van der Waals surface area contributed by atoms with Crippen LogP contribution in [0.15, 0.2) is 24.5 Å². The lowest BCUT2D eigenvalue weighted by molar-refractivity contribution is 0.114. The summed E-state index contributed by atoms with van der Waals surface area (Å²) in [6.07, 6.45) is 1.17. The number of ether oxygens (including phenoxy) is 2. The highest BCUT2D eigenvalue weighted by atomic mass is 35.5. The molecular weight excluding hydrogens is 477 g/mol. The highest BCUT2D eigenvalue weighted by Gasteiger charge is 2.20. The molecule has 0 aromatic carbocycles. The molecule has 1 unspecified atom stereocenters. The molecule has 0 aliphatic carbocycles. The number of halogens is 2. The molecule has 0 aliphatic rings. The summed E-state index contributed by atoms with van der Waals surface area (Å²) in [5.41, 5.74) is 1.54. The molecule has 12 nitrogen and oxygen atoms in total. The Hall–Kier alpha value is -3.35. The standard InChI is InChI=1S/C19H21Cl2N7O5/c1-9(24-19(30)31)8-33-17-12(4-11(20)6-23-17)25-18(29)26-13-7-22-15-5-14(21)27-28(15)16(13)10(2)32-3/h4-7,9-10,24H,8H2,1-3H3,(H,30,31)(H2,25,26,29)/t9?,10-/m0/s1. The number of carbonyl (C=O) groups excluding carboxylic acids is 1. The molecule has 0 fully saturated rings. The van der Waals surface area contributed by atoms with E-state index in [1.165, 1.54) is 30.1 Å². The largest absolute Gasteiger partial charge is 0.474 e. The smallest absolute Gasteiger partial charge is 0.404 e. The van der Waals surface area contributed by atoms with Crippen molar-refractivity contribution in [1.29, 1.82) is 0 Å². The highest BCUT2D eigenvalue weighted by Crippen LogP contribution is 2.28. The van der Waals surface area contributed by atoms with E-state index in [1.54, 1.807) is 19.9 Å². The van der Waals surface area contributed by atoms with Gasteiger partial charge in [-0.3, -0.25) is 0 Å². The maximum absolute atomic E-state index is 12.8. The summed E-state index contributed by atoms with van der Waals surface area (Å²) in [6, 6.07) is 1.88. The Balaban J connectivity index is 1.80. The van der Waals surface area contributed by atoms with Gasteiger partial charge in [0.25, 0.3) is 0 Å². The topological polar surface area (TPSA) is 152 Å². The first-order valence-electron chi connectivity index (χ1n) is 9.60. The fourth-order valence-corrected chi connectivity index (χ4v) is 3.22. The minimum absolute atomic E-state index is 0.0205. The molecule has 3 heterocycles. The van der Waals surface area contributed by atoms with Crippen LogP contribution < -0.4 is 20.7 Å². The highest BCUT2D eigenvalue weighted by molar-refractivity contribution is 6.31. The van der Waals surface area contributed by atoms with Gasteiger partial charge in [-0.25, -0.2) is 24.1 Å². The second kappa shape index (κ2) is 10.5. The molecule has 0 bridgehead atoms. The van der Waals surface area contributed by atoms with Gasteiger partial charge >= 0.3 is 12.1 Å². The second-order valence-corrected chi connectivity index (χ2v) is 7.74. The van der Waals surface area contributed by atoms with Gasteiger partial charge in [0.1, 0.15) is 12.3 Å². The van der Waals surface area contributed by atoms with E-state index < -0.39 is 24.3 Å². The van der Waals surface area contributed by atoms with Crippen LogP contribution in [-0.2, 0) is 4.74 Å². The van der Waals surface area contributed by atoms with Crippen LogP contribution in [0.5, 0.6) is 5.88 Å². The van der Waals surface area contributed by atoms with Gasteiger partial charge in [0, 0.05) is 19.4 Å². The molecule has 176 valence electrons. The average molecular weight is 498 g/mol. The lowest BCUT2D eigenvalue weighted by Gasteiger charge is -2.18. The Morgan fingerprint density at radius 1 is 1.15 bits per heavy atom. The fourth-order valence-electron chi connectivity index (χ4n) is 2.89. The predicted octanol–water partition coefficient (Wildman–Crippen LogP) is 3.82. The monoisotopic (exact) mass is 497 g/mol. The molecule has 14 heteroatoms. The molecule has 3 rings (SSSR count). The lowest BCUT2D eigenvalue weighted by atomic mass is 10.2. The van der Waals surface area contributed by atoms with Gasteiger partial charge in [-0.1, -0.05) is 23.2 Å². The number of amides is 3. The van der Waals surface area contributed by atoms with Crippen LogP contribution >= 0.6 is 23.2 Å². The third-order valence-corrected chi connectivity index (χ3v) is 4.77. The Bertz CT molecular complexity index is 1170. The number of hydrogen-bond acceptors (Lipinski definition) is 7. The van der Waals surface area contributed by atoms with Crippen LogP contribution in [0.3, 0.4) is 0 Å². The summed E-state index contributed by atoms with van der Waals surface area (Å²) in [7, 11) is 1.52. The quantitative estimate of drug-likeness (QED) is 0.366. The molecule has 0 spiro atoms. The van der Waals surface area contributed by atoms with Gasteiger partial charge in [-0.05, 0) is 19.9 Å². The van der Waals surface area contributed by atoms with Gasteiger partial charge in [0.2, 0.25) is 5.88 Å². The number of carbonyl (C=O) groups is 2. The first-order chi connectivity index (χ1) is 15.7. The summed E-state index contributed by atoms with van der Waals surface area (Å²) < 4.78 is 12.4. The van der Waals surface area contributed by atoms with Crippen molar-refractivity contribution in [3.63, 3.8) is 0 Å². The minimum Gasteiger partial charge on any atom is -0.474 e. The number of carboxylic acid groups (broad SMARTS) is 1. The van der Waals surface area contributed by atoms with Crippen molar-refractivity contribution in [2.24, 2.45) is 0 Å². The maximum atomic E-state index is 12.8. The van der Waals surface area contributed by atoms with Crippen molar-refractivity contribution >= 4 is 52.3 Å². The molecule has 3 aromatic heterocycles. The predicted molar refractivity (Wildman–Crippen MR) is 121 cm³/mol. The summed E-state index contributed by atoms with van der Waals surface area (Å²) >= 11 is 12.0. The van der Waals surface area contributed by atoms with E-state index in [4.69, 9.17) is 37.8 Å². The van der Waals surface area contributed by atoms with Gasteiger partial charge in [0.15, 0.2) is 10.8 Å². The normalized spacial score (nSPS) is 12.8. The van der Waals surface area contributed by atoms with Gasteiger partial charge in [-0.2, -0.15) is 5.10 Å². The molecule has 0 saturated carbocycles. The number of rotatable bonds is 8. The molecule has 3 aromatic rings. The molecule has 33 heavy (non-hydrogen) atoms. The lowest BCUT2D eigenvalue weighted by Crippen LogP contribution is -2.35. The third-order valence-electron chi connectivity index (χ3n) is 4.38. The van der Waals surface area contributed by atoms with Crippen molar-refractivity contribution in [2.75, 3.05) is 24.4 Å².